The SMILES string of the molecule is O=C(NCc1csc(-c2ccccc2)n1)c1ccc(CN(Cc2ccc(F)cc2)S(=O)(=O)c2cc(Cl)cc(Cl)c2O)cc1. The normalized spacial score (nSPS) is 11.5. The molecule has 0 saturated carbocycles. The molecule has 2 N–H and O–H groups in total. The fourth-order valence-corrected chi connectivity index (χ4v) is 7.22. The molecule has 0 aliphatic heterocycles. The number of hydrogen-bond acceptors (Lipinski definition) is 6. The Morgan fingerprint density at radius 2 is 1.56 bits per heavy atom. The number of carbonyl (C=O) groups excluding carboxylic acids is 1. The number of hydrogen-bond donors (Lipinski definition) is 2. The summed E-state index contributed by atoms with van der Waals surface area (Å²) in [6.45, 7) is -0.00139. The van der Waals surface area contributed by atoms with Gasteiger partial charge in [0.15, 0.2) is 5.75 Å². The van der Waals surface area contributed by atoms with Gasteiger partial charge in [-0.15, -0.1) is 11.3 Å². The lowest BCUT2D eigenvalue weighted by Gasteiger charge is -2.23. The molecule has 0 radical (unpaired) electrons. The standard InChI is InChI=1S/C31H24Cl2FN3O4S2/c32-24-14-27(33)29(38)28(15-24)43(40,41)37(18-21-8-12-25(34)13-9-21)17-20-6-10-22(11-7-20)30(39)35-16-26-19-42-31(36-26)23-4-2-1-3-5-23/h1-15,19,38H,16-18H2,(H,35,39). The number of nitrogens with zero attached hydrogens (tertiary/aromatic N) is 2. The molecule has 5 aromatic rings. The zero-order valence-electron chi connectivity index (χ0n) is 22.4. The van der Waals surface area contributed by atoms with Crippen molar-refractivity contribution in [3.8, 4) is 16.3 Å². The van der Waals surface area contributed by atoms with Crippen LogP contribution in [0.15, 0.2) is 101 Å². The number of carbonyl (C=O) groups is 1. The molecule has 0 saturated heterocycles. The van der Waals surface area contributed by atoms with E-state index in [1.165, 1.54) is 41.7 Å². The summed E-state index contributed by atoms with van der Waals surface area (Å²) in [5.41, 5.74) is 3.21. The summed E-state index contributed by atoms with van der Waals surface area (Å²) in [4.78, 5) is 16.9. The van der Waals surface area contributed by atoms with Crippen LogP contribution in [0.2, 0.25) is 10.0 Å². The molecule has 12 heteroatoms. The van der Waals surface area contributed by atoms with Crippen LogP contribution in [0.25, 0.3) is 10.6 Å². The number of rotatable bonds is 10. The Morgan fingerprint density at radius 3 is 2.21 bits per heavy atom. The first kappa shape index (κ1) is 30.7. The van der Waals surface area contributed by atoms with E-state index in [-0.39, 0.29) is 35.6 Å². The molecular weight excluding hydrogens is 632 g/mol. The monoisotopic (exact) mass is 655 g/mol. The van der Waals surface area contributed by atoms with Gasteiger partial charge in [0.25, 0.3) is 5.91 Å². The fourth-order valence-electron chi connectivity index (χ4n) is 4.24. The third-order valence-electron chi connectivity index (χ3n) is 6.46. The number of phenols is 1. The van der Waals surface area contributed by atoms with E-state index >= 15 is 0 Å². The van der Waals surface area contributed by atoms with Crippen molar-refractivity contribution in [3.63, 3.8) is 0 Å². The van der Waals surface area contributed by atoms with Crippen LogP contribution in [-0.4, -0.2) is 28.7 Å². The van der Waals surface area contributed by atoms with Crippen molar-refractivity contribution >= 4 is 50.5 Å². The first-order chi connectivity index (χ1) is 20.6. The van der Waals surface area contributed by atoms with Gasteiger partial charge in [-0.25, -0.2) is 17.8 Å². The van der Waals surface area contributed by atoms with Crippen molar-refractivity contribution in [3.05, 3.63) is 135 Å². The van der Waals surface area contributed by atoms with Gasteiger partial charge in [-0.3, -0.25) is 4.79 Å². The summed E-state index contributed by atoms with van der Waals surface area (Å²) in [5.74, 6) is -1.40. The van der Waals surface area contributed by atoms with Gasteiger partial charge >= 0.3 is 0 Å². The Balaban J connectivity index is 1.32. The number of amides is 1. The summed E-state index contributed by atoms with van der Waals surface area (Å²) < 4.78 is 42.1. The van der Waals surface area contributed by atoms with Gasteiger partial charge in [0.1, 0.15) is 15.7 Å². The van der Waals surface area contributed by atoms with Gasteiger partial charge < -0.3 is 10.4 Å². The summed E-state index contributed by atoms with van der Waals surface area (Å²) in [6.07, 6.45) is 0. The van der Waals surface area contributed by atoms with E-state index in [0.29, 0.717) is 16.7 Å². The largest absolute Gasteiger partial charge is 0.505 e. The van der Waals surface area contributed by atoms with Crippen molar-refractivity contribution in [2.45, 2.75) is 24.5 Å². The van der Waals surface area contributed by atoms with Crippen LogP contribution in [-0.2, 0) is 29.7 Å². The summed E-state index contributed by atoms with van der Waals surface area (Å²) in [7, 11) is -4.33. The van der Waals surface area contributed by atoms with E-state index in [1.54, 1.807) is 24.3 Å². The third kappa shape index (κ3) is 7.41. The van der Waals surface area contributed by atoms with Crippen molar-refractivity contribution in [1.29, 1.82) is 0 Å². The van der Waals surface area contributed by atoms with Crippen LogP contribution in [0.5, 0.6) is 5.75 Å². The molecule has 0 aliphatic rings. The Morgan fingerprint density at radius 1 is 0.930 bits per heavy atom. The Kier molecular flexibility index (Phi) is 9.43. The fraction of sp³-hybridized carbons (Fsp3) is 0.0968. The number of halogens is 3. The second-order valence-corrected chi connectivity index (χ2v) is 13.1. The molecule has 220 valence electrons. The van der Waals surface area contributed by atoms with Gasteiger partial charge in [0, 0.05) is 34.6 Å². The molecular formula is C31H24Cl2FN3O4S2. The number of benzene rings is 4. The third-order valence-corrected chi connectivity index (χ3v) is 9.71. The van der Waals surface area contributed by atoms with Crippen LogP contribution in [0.4, 0.5) is 4.39 Å². The lowest BCUT2D eigenvalue weighted by atomic mass is 10.1. The first-order valence-electron chi connectivity index (χ1n) is 12.9. The van der Waals surface area contributed by atoms with Gasteiger partial charge in [-0.1, -0.05) is 77.8 Å². The van der Waals surface area contributed by atoms with E-state index in [2.05, 4.69) is 10.3 Å². The van der Waals surface area contributed by atoms with Gasteiger partial charge in [-0.05, 0) is 47.5 Å². The second kappa shape index (κ2) is 13.2. The van der Waals surface area contributed by atoms with Gasteiger partial charge in [0.2, 0.25) is 10.0 Å². The number of aromatic hydroxyl groups is 1. The molecule has 1 amide bonds. The zero-order valence-corrected chi connectivity index (χ0v) is 25.5. The molecule has 0 unspecified atom stereocenters. The van der Waals surface area contributed by atoms with Crippen LogP contribution in [0.1, 0.15) is 27.2 Å². The quantitative estimate of drug-likeness (QED) is 0.165. The van der Waals surface area contributed by atoms with E-state index in [4.69, 9.17) is 23.2 Å². The summed E-state index contributed by atoms with van der Waals surface area (Å²) >= 11 is 13.6. The smallest absolute Gasteiger partial charge is 0.251 e. The van der Waals surface area contributed by atoms with Crippen molar-refractivity contribution < 1.29 is 22.7 Å². The minimum Gasteiger partial charge on any atom is -0.505 e. The van der Waals surface area contributed by atoms with Crippen molar-refractivity contribution in [2.75, 3.05) is 0 Å². The molecule has 0 bridgehead atoms. The average molecular weight is 657 g/mol. The zero-order chi connectivity index (χ0) is 30.6. The van der Waals surface area contributed by atoms with E-state index in [1.807, 2.05) is 35.7 Å². The minimum atomic E-state index is -4.33. The Bertz CT molecular complexity index is 1850. The van der Waals surface area contributed by atoms with Crippen LogP contribution >= 0.6 is 34.5 Å². The highest BCUT2D eigenvalue weighted by Gasteiger charge is 2.29. The van der Waals surface area contributed by atoms with E-state index < -0.39 is 26.5 Å². The molecule has 43 heavy (non-hydrogen) atoms. The lowest BCUT2D eigenvalue weighted by Crippen LogP contribution is -2.30. The minimum absolute atomic E-state index is 0.0346. The topological polar surface area (TPSA) is 99.6 Å². The summed E-state index contributed by atoms with van der Waals surface area (Å²) in [6, 6.07) is 24.0. The highest BCUT2D eigenvalue weighted by Crippen LogP contribution is 2.36. The Hall–Kier alpha value is -3.80. The highest BCUT2D eigenvalue weighted by atomic mass is 35.5. The maximum atomic E-state index is 13.7. The predicted octanol–water partition coefficient (Wildman–Crippen LogP) is 7.28. The van der Waals surface area contributed by atoms with Crippen LogP contribution in [0, 0.1) is 5.82 Å². The summed E-state index contributed by atoms with van der Waals surface area (Å²) in [5, 5.41) is 15.9. The highest BCUT2D eigenvalue weighted by molar-refractivity contribution is 7.89. The molecule has 0 spiro atoms. The molecule has 5 rings (SSSR count). The molecule has 7 nitrogen and oxygen atoms in total. The first-order valence-corrected chi connectivity index (χ1v) is 16.0. The number of sulfonamides is 1. The molecule has 0 atom stereocenters. The van der Waals surface area contributed by atoms with Crippen molar-refractivity contribution in [1.82, 2.24) is 14.6 Å². The van der Waals surface area contributed by atoms with Crippen molar-refractivity contribution in [2.24, 2.45) is 0 Å². The maximum Gasteiger partial charge on any atom is 0.251 e. The number of nitrogens with one attached hydrogen (secondary N) is 1. The van der Waals surface area contributed by atoms with Gasteiger partial charge in [0.05, 0.1) is 17.3 Å². The molecule has 1 aromatic heterocycles. The average Bonchev–Trinajstić information content (AvgIpc) is 3.48. The molecule has 0 fully saturated rings. The predicted molar refractivity (Wildman–Crippen MR) is 166 cm³/mol. The number of phenolic OH excluding ortho intramolecular Hbond substituents is 1. The van der Waals surface area contributed by atoms with Gasteiger partial charge in [-0.2, -0.15) is 4.31 Å². The lowest BCUT2D eigenvalue weighted by molar-refractivity contribution is 0.0950. The molecule has 4 aromatic carbocycles. The number of thiazole rings is 1. The van der Waals surface area contributed by atoms with E-state index in [0.717, 1.165) is 26.6 Å². The Labute approximate surface area is 262 Å². The second-order valence-electron chi connectivity index (χ2n) is 9.52. The van der Waals surface area contributed by atoms with Crippen LogP contribution < -0.4 is 5.32 Å². The number of aromatic nitrogens is 1. The van der Waals surface area contributed by atoms with Crippen LogP contribution in [0.3, 0.4) is 0 Å². The molecule has 0 aliphatic carbocycles. The van der Waals surface area contributed by atoms with E-state index in [9.17, 15) is 22.7 Å². The molecule has 1 heterocycles. The maximum absolute atomic E-state index is 13.7.